The number of halogens is 3. The first-order chi connectivity index (χ1) is 12.1. The third kappa shape index (κ3) is 3.41. The van der Waals surface area contributed by atoms with Crippen molar-refractivity contribution in [2.75, 3.05) is 0 Å². The van der Waals surface area contributed by atoms with Gasteiger partial charge in [-0.3, -0.25) is 0 Å². The molecule has 124 valence electrons. The van der Waals surface area contributed by atoms with Crippen molar-refractivity contribution >= 4 is 63.3 Å². The molecular weight excluding hydrogens is 399 g/mol. The zero-order valence-electron chi connectivity index (χ0n) is 12.5. The van der Waals surface area contributed by atoms with Crippen molar-refractivity contribution in [2.24, 2.45) is 0 Å². The highest BCUT2D eigenvalue weighted by atomic mass is 35.5. The molecule has 0 aliphatic rings. The van der Waals surface area contributed by atoms with Gasteiger partial charge in [-0.25, -0.2) is 0 Å². The average molecular weight is 408 g/mol. The van der Waals surface area contributed by atoms with Crippen LogP contribution < -0.4 is 0 Å². The van der Waals surface area contributed by atoms with E-state index < -0.39 is 0 Å². The molecule has 0 bridgehead atoms. The van der Waals surface area contributed by atoms with Gasteiger partial charge in [0.1, 0.15) is 5.01 Å². The second-order valence-corrected chi connectivity index (χ2v) is 7.43. The van der Waals surface area contributed by atoms with Crippen LogP contribution in [0.5, 0.6) is 0 Å². The summed E-state index contributed by atoms with van der Waals surface area (Å²) in [6.07, 6.45) is 3.90. The maximum atomic E-state index is 6.27. The summed E-state index contributed by atoms with van der Waals surface area (Å²) in [7, 11) is 0. The third-order valence-corrected chi connectivity index (χ3v) is 5.13. The average Bonchev–Trinajstić information content (AvgIpc) is 3.15. The largest absolute Gasteiger partial charge is 0.235 e. The smallest absolute Gasteiger partial charge is 0.182 e. The van der Waals surface area contributed by atoms with Crippen LogP contribution in [0.3, 0.4) is 0 Å². The monoisotopic (exact) mass is 406 g/mol. The van der Waals surface area contributed by atoms with Gasteiger partial charge in [-0.1, -0.05) is 64.3 Å². The Morgan fingerprint density at radius 3 is 2.40 bits per heavy atom. The van der Waals surface area contributed by atoms with Crippen molar-refractivity contribution in [3.8, 4) is 11.4 Å². The fraction of sp³-hybridized carbons (Fsp3) is 0. The molecule has 0 unspecified atom stereocenters. The Morgan fingerprint density at radius 2 is 1.64 bits per heavy atom. The van der Waals surface area contributed by atoms with Crippen LogP contribution in [-0.2, 0) is 0 Å². The molecule has 0 N–H and O–H groups in total. The van der Waals surface area contributed by atoms with Gasteiger partial charge in [-0.15, -0.1) is 10.2 Å². The van der Waals surface area contributed by atoms with Gasteiger partial charge in [0.2, 0.25) is 4.96 Å². The van der Waals surface area contributed by atoms with E-state index in [1.807, 2.05) is 42.5 Å². The molecule has 4 nitrogen and oxygen atoms in total. The van der Waals surface area contributed by atoms with Crippen molar-refractivity contribution in [3.63, 3.8) is 0 Å². The summed E-state index contributed by atoms with van der Waals surface area (Å²) >= 11 is 19.6. The molecule has 0 radical (unpaired) electrons. The van der Waals surface area contributed by atoms with Gasteiger partial charge < -0.3 is 0 Å². The fourth-order valence-corrected chi connectivity index (χ4v) is 3.64. The van der Waals surface area contributed by atoms with Gasteiger partial charge in [0.15, 0.2) is 5.82 Å². The van der Waals surface area contributed by atoms with Crippen molar-refractivity contribution in [2.45, 2.75) is 0 Å². The lowest BCUT2D eigenvalue weighted by Gasteiger charge is -2.00. The second-order valence-electron chi connectivity index (χ2n) is 5.17. The predicted octanol–water partition coefficient (Wildman–Crippen LogP) is 5.98. The quantitative estimate of drug-likeness (QED) is 0.419. The first-order valence-corrected chi connectivity index (χ1v) is 9.16. The Bertz CT molecular complexity index is 1080. The molecule has 4 rings (SSSR count). The molecule has 0 spiro atoms. The Hall–Kier alpha value is -1.92. The lowest BCUT2D eigenvalue weighted by molar-refractivity contribution is 0.960. The molecule has 0 saturated carbocycles. The lowest BCUT2D eigenvalue weighted by Crippen LogP contribution is -1.91. The molecular formula is C17H9Cl3N4S. The first kappa shape index (κ1) is 16.5. The number of aromatic nitrogens is 4. The molecule has 2 aromatic heterocycles. The summed E-state index contributed by atoms with van der Waals surface area (Å²) < 4.78 is 1.68. The van der Waals surface area contributed by atoms with Crippen molar-refractivity contribution < 1.29 is 0 Å². The third-order valence-electron chi connectivity index (χ3n) is 3.47. The van der Waals surface area contributed by atoms with Crippen LogP contribution in [0.25, 0.3) is 28.5 Å². The van der Waals surface area contributed by atoms with E-state index in [1.54, 1.807) is 16.6 Å². The van der Waals surface area contributed by atoms with Crippen LogP contribution in [0.1, 0.15) is 10.6 Å². The number of rotatable bonds is 3. The topological polar surface area (TPSA) is 43.1 Å². The van der Waals surface area contributed by atoms with Crippen LogP contribution in [-0.4, -0.2) is 19.8 Å². The van der Waals surface area contributed by atoms with Crippen LogP contribution in [0, 0.1) is 0 Å². The minimum Gasteiger partial charge on any atom is -0.182 e. The summed E-state index contributed by atoms with van der Waals surface area (Å²) in [5, 5.41) is 15.5. The van der Waals surface area contributed by atoms with Crippen molar-refractivity contribution in [3.05, 3.63) is 68.1 Å². The van der Waals surface area contributed by atoms with Gasteiger partial charge >= 0.3 is 0 Å². The standard InChI is InChI=1S/C17H9Cl3N4S/c18-11-4-1-10(2-5-11)3-8-15-23-24-16(21-22-17(24)25-15)13-7-6-12(19)9-14(13)20/h1-9H/b8-3+. The first-order valence-electron chi connectivity index (χ1n) is 7.21. The molecule has 2 heterocycles. The van der Waals surface area contributed by atoms with Crippen LogP contribution in [0.4, 0.5) is 0 Å². The zero-order valence-corrected chi connectivity index (χ0v) is 15.6. The fourth-order valence-electron chi connectivity index (χ4n) is 2.28. The molecule has 0 aliphatic heterocycles. The SMILES string of the molecule is Clc1ccc(/C=C/c2nn3c(-c4ccc(Cl)cc4Cl)nnc3s2)cc1. The molecule has 0 fully saturated rings. The number of hydrogen-bond donors (Lipinski definition) is 0. The van der Waals surface area contributed by atoms with E-state index >= 15 is 0 Å². The van der Waals surface area contributed by atoms with Crippen molar-refractivity contribution in [1.29, 1.82) is 0 Å². The predicted molar refractivity (Wildman–Crippen MR) is 104 cm³/mol. The Balaban J connectivity index is 1.69. The van der Waals surface area contributed by atoms with Crippen LogP contribution in [0.2, 0.25) is 15.1 Å². The van der Waals surface area contributed by atoms with E-state index in [4.69, 9.17) is 34.8 Å². The number of hydrogen-bond acceptors (Lipinski definition) is 4. The van der Waals surface area contributed by atoms with Gasteiger partial charge in [-0.05, 0) is 42.0 Å². The summed E-state index contributed by atoms with van der Waals surface area (Å²) in [6.45, 7) is 0. The Labute approximate surface area is 162 Å². The van der Waals surface area contributed by atoms with E-state index in [0.29, 0.717) is 25.9 Å². The molecule has 25 heavy (non-hydrogen) atoms. The zero-order chi connectivity index (χ0) is 17.4. The van der Waals surface area contributed by atoms with Gasteiger partial charge in [0, 0.05) is 15.6 Å². The molecule has 4 aromatic rings. The van der Waals surface area contributed by atoms with E-state index in [-0.39, 0.29) is 0 Å². The van der Waals surface area contributed by atoms with Gasteiger partial charge in [0.05, 0.1) is 5.02 Å². The second kappa shape index (κ2) is 6.77. The summed E-state index contributed by atoms with van der Waals surface area (Å²) in [5.41, 5.74) is 1.77. The molecule has 0 saturated heterocycles. The summed E-state index contributed by atoms with van der Waals surface area (Å²) in [6, 6.07) is 12.8. The summed E-state index contributed by atoms with van der Waals surface area (Å²) in [5.74, 6) is 0.582. The van der Waals surface area contributed by atoms with Crippen molar-refractivity contribution in [1.82, 2.24) is 19.8 Å². The Kier molecular flexibility index (Phi) is 4.48. The molecule has 8 heteroatoms. The number of nitrogens with zero attached hydrogens (tertiary/aromatic N) is 4. The summed E-state index contributed by atoms with van der Waals surface area (Å²) in [4.78, 5) is 0.691. The van der Waals surface area contributed by atoms with E-state index in [2.05, 4.69) is 15.3 Å². The highest BCUT2D eigenvalue weighted by Crippen LogP contribution is 2.30. The lowest BCUT2D eigenvalue weighted by atomic mass is 10.2. The molecule has 0 amide bonds. The van der Waals surface area contributed by atoms with Gasteiger partial charge in [0.25, 0.3) is 0 Å². The normalized spacial score (nSPS) is 11.6. The maximum Gasteiger partial charge on any atom is 0.235 e. The Morgan fingerprint density at radius 1 is 0.880 bits per heavy atom. The maximum absolute atomic E-state index is 6.27. The minimum absolute atomic E-state index is 0.507. The highest BCUT2D eigenvalue weighted by Gasteiger charge is 2.15. The van der Waals surface area contributed by atoms with Crippen LogP contribution >= 0.6 is 46.1 Å². The molecule has 2 aromatic carbocycles. The minimum atomic E-state index is 0.507. The molecule has 0 aliphatic carbocycles. The van der Waals surface area contributed by atoms with Gasteiger partial charge in [-0.2, -0.15) is 9.61 Å². The number of benzene rings is 2. The van der Waals surface area contributed by atoms with E-state index in [0.717, 1.165) is 16.1 Å². The number of fused-ring (bicyclic) bond motifs is 1. The van der Waals surface area contributed by atoms with E-state index in [1.165, 1.54) is 11.3 Å². The van der Waals surface area contributed by atoms with E-state index in [9.17, 15) is 0 Å². The molecule has 0 atom stereocenters. The highest BCUT2D eigenvalue weighted by molar-refractivity contribution is 7.17. The van der Waals surface area contributed by atoms with Crippen LogP contribution in [0.15, 0.2) is 42.5 Å².